The molecule has 0 atom stereocenters. The number of carboxylic acid groups (broad SMARTS) is 1. The average Bonchev–Trinajstić information content (AvgIpc) is 3.11. The molecule has 3 rings (SSSR count). The van der Waals surface area contributed by atoms with Gasteiger partial charge >= 0.3 is 11.9 Å². The Labute approximate surface area is 220 Å². The van der Waals surface area contributed by atoms with Gasteiger partial charge in [-0.25, -0.2) is 9.59 Å². The third-order valence-electron chi connectivity index (χ3n) is 4.76. The number of halogens is 1. The summed E-state index contributed by atoms with van der Waals surface area (Å²) in [7, 11) is 1.37. The summed E-state index contributed by atoms with van der Waals surface area (Å²) in [6, 6.07) is 8.76. The number of carbonyl (C=O) groups is 5. The maximum Gasteiger partial charge on any atom is 0.341 e. The predicted molar refractivity (Wildman–Crippen MR) is 135 cm³/mol. The molecule has 0 aliphatic carbocycles. The standard InChI is InChI=1S/C24H21ClN2O9S/c1-3-35-23(32)15-10-14(5-6-16(15)25)26-20(28)11-27-22(31)19(37-24(27)33)9-13-4-7-17(18(8-13)34-2)36-12-21(29)30/h4-10H,3,11-12H2,1-2H3,(H,26,28)(H,29,30)/b19-9+. The number of rotatable bonds is 10. The summed E-state index contributed by atoms with van der Waals surface area (Å²) in [5, 5.41) is 10.8. The second kappa shape index (κ2) is 12.3. The second-order valence-electron chi connectivity index (χ2n) is 7.32. The number of carbonyl (C=O) groups excluding carboxylic acids is 4. The highest BCUT2D eigenvalue weighted by molar-refractivity contribution is 8.18. The Balaban J connectivity index is 1.70. The van der Waals surface area contributed by atoms with Gasteiger partial charge in [0.25, 0.3) is 11.1 Å². The summed E-state index contributed by atoms with van der Waals surface area (Å²) >= 11 is 6.68. The highest BCUT2D eigenvalue weighted by Gasteiger charge is 2.36. The second-order valence-corrected chi connectivity index (χ2v) is 8.72. The van der Waals surface area contributed by atoms with Gasteiger partial charge in [-0.3, -0.25) is 19.3 Å². The van der Waals surface area contributed by atoms with E-state index in [-0.39, 0.29) is 39.3 Å². The molecule has 0 bridgehead atoms. The summed E-state index contributed by atoms with van der Waals surface area (Å²) < 4.78 is 15.3. The molecule has 11 nitrogen and oxygen atoms in total. The number of aliphatic carboxylic acids is 1. The van der Waals surface area contributed by atoms with Crippen molar-refractivity contribution in [2.45, 2.75) is 6.92 Å². The van der Waals surface area contributed by atoms with Gasteiger partial charge in [-0.15, -0.1) is 0 Å². The van der Waals surface area contributed by atoms with Crippen LogP contribution >= 0.6 is 23.4 Å². The topological polar surface area (TPSA) is 149 Å². The Morgan fingerprint density at radius 1 is 1.14 bits per heavy atom. The number of hydrogen-bond donors (Lipinski definition) is 2. The van der Waals surface area contributed by atoms with Gasteiger partial charge in [-0.1, -0.05) is 17.7 Å². The Morgan fingerprint density at radius 3 is 2.57 bits per heavy atom. The Hall–Kier alpha value is -4.03. The zero-order chi connectivity index (χ0) is 27.1. The lowest BCUT2D eigenvalue weighted by molar-refractivity contribution is -0.139. The summed E-state index contributed by atoms with van der Waals surface area (Å²) in [5.74, 6) is -2.71. The average molecular weight is 549 g/mol. The van der Waals surface area contributed by atoms with E-state index in [9.17, 15) is 24.0 Å². The summed E-state index contributed by atoms with van der Waals surface area (Å²) in [6.45, 7) is 0.681. The zero-order valence-corrected chi connectivity index (χ0v) is 21.2. The van der Waals surface area contributed by atoms with E-state index in [1.165, 1.54) is 43.5 Å². The van der Waals surface area contributed by atoms with Crippen molar-refractivity contribution < 1.29 is 43.3 Å². The van der Waals surface area contributed by atoms with Crippen LogP contribution in [-0.4, -0.2) is 65.9 Å². The lowest BCUT2D eigenvalue weighted by Gasteiger charge is -2.13. The number of hydrogen-bond acceptors (Lipinski definition) is 9. The van der Waals surface area contributed by atoms with E-state index < -0.39 is 42.1 Å². The monoisotopic (exact) mass is 548 g/mol. The molecule has 2 N–H and O–H groups in total. The third-order valence-corrected chi connectivity index (χ3v) is 5.99. The van der Waals surface area contributed by atoms with Crippen molar-refractivity contribution in [3.8, 4) is 11.5 Å². The molecule has 2 aromatic carbocycles. The van der Waals surface area contributed by atoms with E-state index in [4.69, 9.17) is 30.9 Å². The number of benzene rings is 2. The number of imide groups is 1. The number of ether oxygens (including phenoxy) is 3. The summed E-state index contributed by atoms with van der Waals surface area (Å²) in [5.41, 5.74) is 0.782. The number of nitrogens with zero attached hydrogens (tertiary/aromatic N) is 1. The van der Waals surface area contributed by atoms with Crippen molar-refractivity contribution in [1.29, 1.82) is 0 Å². The van der Waals surface area contributed by atoms with Gasteiger partial charge in [0, 0.05) is 5.69 Å². The first-order valence-corrected chi connectivity index (χ1v) is 11.9. The highest BCUT2D eigenvalue weighted by atomic mass is 35.5. The van der Waals surface area contributed by atoms with E-state index >= 15 is 0 Å². The molecule has 0 saturated carbocycles. The molecule has 0 unspecified atom stereocenters. The van der Waals surface area contributed by atoms with Crippen molar-refractivity contribution in [3.05, 3.63) is 57.5 Å². The fraction of sp³-hybridized carbons (Fsp3) is 0.208. The van der Waals surface area contributed by atoms with Crippen molar-refractivity contribution in [2.24, 2.45) is 0 Å². The number of carboxylic acids is 1. The van der Waals surface area contributed by atoms with Crippen molar-refractivity contribution in [1.82, 2.24) is 4.90 Å². The highest BCUT2D eigenvalue weighted by Crippen LogP contribution is 2.34. The Kier molecular flexibility index (Phi) is 9.15. The molecule has 1 aliphatic rings. The van der Waals surface area contributed by atoms with Crippen LogP contribution in [0.1, 0.15) is 22.8 Å². The van der Waals surface area contributed by atoms with Crippen LogP contribution < -0.4 is 14.8 Å². The number of thioether (sulfide) groups is 1. The molecule has 3 amide bonds. The first-order chi connectivity index (χ1) is 17.6. The first kappa shape index (κ1) is 27.6. The molecule has 0 radical (unpaired) electrons. The van der Waals surface area contributed by atoms with Gasteiger partial charge in [0.15, 0.2) is 18.1 Å². The van der Waals surface area contributed by atoms with E-state index in [0.29, 0.717) is 17.3 Å². The Morgan fingerprint density at radius 2 is 1.89 bits per heavy atom. The Bertz CT molecular complexity index is 1290. The maximum absolute atomic E-state index is 12.8. The largest absolute Gasteiger partial charge is 0.493 e. The zero-order valence-electron chi connectivity index (χ0n) is 19.6. The quantitative estimate of drug-likeness (QED) is 0.332. The van der Waals surface area contributed by atoms with Crippen molar-refractivity contribution in [2.75, 3.05) is 32.2 Å². The van der Waals surface area contributed by atoms with E-state index in [1.807, 2.05) is 0 Å². The van der Waals surface area contributed by atoms with Crippen LogP contribution in [0.5, 0.6) is 11.5 Å². The molecule has 1 heterocycles. The van der Waals surface area contributed by atoms with Crippen LogP contribution in [0.2, 0.25) is 5.02 Å². The predicted octanol–water partition coefficient (Wildman–Crippen LogP) is 3.66. The molecule has 2 aromatic rings. The number of esters is 1. The fourth-order valence-corrected chi connectivity index (χ4v) is 4.17. The molecule has 37 heavy (non-hydrogen) atoms. The minimum Gasteiger partial charge on any atom is -0.493 e. The van der Waals surface area contributed by atoms with Gasteiger partial charge < -0.3 is 24.6 Å². The van der Waals surface area contributed by atoms with E-state index in [2.05, 4.69) is 5.32 Å². The lowest BCUT2D eigenvalue weighted by Crippen LogP contribution is -2.36. The normalized spacial score (nSPS) is 14.0. The van der Waals surface area contributed by atoms with Gasteiger partial charge in [0.1, 0.15) is 6.54 Å². The van der Waals surface area contributed by atoms with Crippen LogP contribution in [0, 0.1) is 0 Å². The van der Waals surface area contributed by atoms with Gasteiger partial charge in [-0.05, 0) is 60.7 Å². The summed E-state index contributed by atoms with van der Waals surface area (Å²) in [4.78, 5) is 61.4. The number of amides is 3. The van der Waals surface area contributed by atoms with Gasteiger partial charge in [0.2, 0.25) is 5.91 Å². The minimum absolute atomic E-state index is 0.0604. The van der Waals surface area contributed by atoms with Crippen LogP contribution in [0.25, 0.3) is 6.08 Å². The molecular formula is C24H21ClN2O9S. The molecule has 1 saturated heterocycles. The van der Waals surface area contributed by atoms with Gasteiger partial charge in [0.05, 0.1) is 29.2 Å². The van der Waals surface area contributed by atoms with Crippen LogP contribution in [0.3, 0.4) is 0 Å². The first-order valence-electron chi connectivity index (χ1n) is 10.7. The molecule has 1 fully saturated rings. The van der Waals surface area contributed by atoms with Crippen LogP contribution in [-0.2, 0) is 19.1 Å². The third kappa shape index (κ3) is 7.02. The number of methoxy groups -OCH3 is 1. The number of nitrogens with one attached hydrogen (secondary N) is 1. The lowest BCUT2D eigenvalue weighted by atomic mass is 10.2. The molecule has 0 aromatic heterocycles. The summed E-state index contributed by atoms with van der Waals surface area (Å²) in [6.07, 6.45) is 1.44. The smallest absolute Gasteiger partial charge is 0.341 e. The fourth-order valence-electron chi connectivity index (χ4n) is 3.13. The van der Waals surface area contributed by atoms with E-state index in [0.717, 1.165) is 4.90 Å². The van der Waals surface area contributed by atoms with E-state index in [1.54, 1.807) is 13.0 Å². The minimum atomic E-state index is -1.15. The van der Waals surface area contributed by atoms with Crippen LogP contribution in [0.15, 0.2) is 41.3 Å². The molecule has 0 spiro atoms. The van der Waals surface area contributed by atoms with Crippen molar-refractivity contribution >= 4 is 64.1 Å². The molecule has 1 aliphatic heterocycles. The van der Waals surface area contributed by atoms with Gasteiger partial charge in [-0.2, -0.15) is 0 Å². The number of anilines is 1. The maximum atomic E-state index is 12.8. The molecule has 194 valence electrons. The van der Waals surface area contributed by atoms with Crippen molar-refractivity contribution in [3.63, 3.8) is 0 Å². The SMILES string of the molecule is CCOC(=O)c1cc(NC(=O)CN2C(=O)S/C(=C/c3ccc(OCC(=O)O)c(OC)c3)C2=O)ccc1Cl. The molecular weight excluding hydrogens is 528 g/mol. The van der Waals surface area contributed by atoms with Crippen LogP contribution in [0.4, 0.5) is 10.5 Å². The molecule has 13 heteroatoms.